The zero-order valence-electron chi connectivity index (χ0n) is 16.1. The van der Waals surface area contributed by atoms with Gasteiger partial charge >= 0.3 is 0 Å². The van der Waals surface area contributed by atoms with Crippen LogP contribution in [-0.2, 0) is 25.7 Å². The van der Waals surface area contributed by atoms with Gasteiger partial charge in [0.25, 0.3) is 0 Å². The number of ether oxygens (including phenoxy) is 1. The molecule has 0 N–H and O–H groups in total. The van der Waals surface area contributed by atoms with Crippen molar-refractivity contribution in [3.05, 3.63) is 65.2 Å². The molecule has 1 heterocycles. The summed E-state index contributed by atoms with van der Waals surface area (Å²) >= 11 is 5.88. The number of likely N-dealkylation sites (N-methyl/N-ethyl adjacent to an activating group) is 1. The standard InChI is InChI=1S/C21H22ClN3O4/c1-23(21(28)14-29-13-16-5-3-2-4-6-16)11-19(26)24-12-20(27)25(15-24)18-9-7-17(22)8-10-18/h2-10H,11-15H2,1H3. The Morgan fingerprint density at radius 3 is 2.48 bits per heavy atom. The van der Waals surface area contributed by atoms with E-state index in [1.165, 1.54) is 14.7 Å². The minimum atomic E-state index is -0.297. The number of nitrogens with zero attached hydrogens (tertiary/aromatic N) is 3. The molecule has 152 valence electrons. The Morgan fingerprint density at radius 1 is 1.10 bits per heavy atom. The van der Waals surface area contributed by atoms with E-state index in [0.717, 1.165) is 5.56 Å². The average molecular weight is 416 g/mol. The van der Waals surface area contributed by atoms with E-state index in [4.69, 9.17) is 16.3 Å². The highest BCUT2D eigenvalue weighted by molar-refractivity contribution is 6.30. The second-order valence-electron chi connectivity index (χ2n) is 6.76. The largest absolute Gasteiger partial charge is 0.367 e. The first-order valence-corrected chi connectivity index (χ1v) is 9.51. The third kappa shape index (κ3) is 5.56. The smallest absolute Gasteiger partial charge is 0.248 e. The summed E-state index contributed by atoms with van der Waals surface area (Å²) in [6.07, 6.45) is 0. The van der Waals surface area contributed by atoms with E-state index in [1.54, 1.807) is 31.3 Å². The van der Waals surface area contributed by atoms with Gasteiger partial charge in [0.05, 0.1) is 13.2 Å². The van der Waals surface area contributed by atoms with Gasteiger partial charge < -0.3 is 14.5 Å². The van der Waals surface area contributed by atoms with Gasteiger partial charge in [0, 0.05) is 17.8 Å². The monoisotopic (exact) mass is 415 g/mol. The van der Waals surface area contributed by atoms with E-state index in [2.05, 4.69) is 0 Å². The Bertz CT molecular complexity index is 873. The molecule has 0 saturated carbocycles. The quantitative estimate of drug-likeness (QED) is 0.694. The Hall–Kier alpha value is -2.90. The lowest BCUT2D eigenvalue weighted by molar-refractivity contribution is -0.142. The highest BCUT2D eigenvalue weighted by Crippen LogP contribution is 2.21. The van der Waals surface area contributed by atoms with Gasteiger partial charge in [-0.3, -0.25) is 19.3 Å². The van der Waals surface area contributed by atoms with Crippen LogP contribution in [-0.4, -0.2) is 60.9 Å². The Kier molecular flexibility index (Phi) is 6.85. The van der Waals surface area contributed by atoms with Crippen molar-refractivity contribution in [3.63, 3.8) is 0 Å². The topological polar surface area (TPSA) is 70.2 Å². The summed E-state index contributed by atoms with van der Waals surface area (Å²) in [7, 11) is 1.54. The third-order valence-corrected chi connectivity index (χ3v) is 4.82. The van der Waals surface area contributed by atoms with Crippen LogP contribution in [0, 0.1) is 0 Å². The molecule has 29 heavy (non-hydrogen) atoms. The number of carbonyl (C=O) groups is 3. The molecule has 2 aromatic carbocycles. The highest BCUT2D eigenvalue weighted by Gasteiger charge is 2.32. The lowest BCUT2D eigenvalue weighted by atomic mass is 10.2. The van der Waals surface area contributed by atoms with Crippen LogP contribution in [0.5, 0.6) is 0 Å². The fourth-order valence-electron chi connectivity index (χ4n) is 2.89. The number of benzene rings is 2. The molecule has 0 unspecified atom stereocenters. The minimum absolute atomic E-state index is 0.0198. The van der Waals surface area contributed by atoms with Crippen LogP contribution in [0.3, 0.4) is 0 Å². The fourth-order valence-corrected chi connectivity index (χ4v) is 3.02. The third-order valence-electron chi connectivity index (χ3n) is 4.57. The molecular weight excluding hydrogens is 394 g/mol. The van der Waals surface area contributed by atoms with Gasteiger partial charge in [0.1, 0.15) is 19.8 Å². The van der Waals surface area contributed by atoms with Gasteiger partial charge in [-0.15, -0.1) is 0 Å². The van der Waals surface area contributed by atoms with Gasteiger partial charge in [-0.25, -0.2) is 0 Å². The molecule has 3 rings (SSSR count). The van der Waals surface area contributed by atoms with Gasteiger partial charge in [0.2, 0.25) is 17.7 Å². The van der Waals surface area contributed by atoms with Crippen LogP contribution < -0.4 is 4.90 Å². The molecule has 8 heteroatoms. The zero-order valence-corrected chi connectivity index (χ0v) is 16.8. The van der Waals surface area contributed by atoms with Crippen molar-refractivity contribution >= 4 is 35.0 Å². The lowest BCUT2D eigenvalue weighted by Gasteiger charge is -2.22. The molecule has 1 aliphatic rings. The summed E-state index contributed by atoms with van der Waals surface area (Å²) in [5.41, 5.74) is 1.64. The molecule has 3 amide bonds. The number of halogens is 1. The van der Waals surface area contributed by atoms with Crippen LogP contribution in [0.25, 0.3) is 0 Å². The maximum Gasteiger partial charge on any atom is 0.248 e. The van der Waals surface area contributed by atoms with Crippen LogP contribution in [0.2, 0.25) is 5.02 Å². The predicted octanol–water partition coefficient (Wildman–Crippen LogP) is 2.15. The molecule has 2 aromatic rings. The van der Waals surface area contributed by atoms with Gasteiger partial charge in [0.15, 0.2) is 0 Å². The van der Waals surface area contributed by atoms with Crippen molar-refractivity contribution in [2.75, 3.05) is 38.3 Å². The summed E-state index contributed by atoms with van der Waals surface area (Å²) in [5.74, 6) is -0.774. The fraction of sp³-hybridized carbons (Fsp3) is 0.286. The molecule has 0 spiro atoms. The molecule has 0 aromatic heterocycles. The number of carbonyl (C=O) groups excluding carboxylic acids is 3. The van der Waals surface area contributed by atoms with Gasteiger partial charge in [-0.1, -0.05) is 41.9 Å². The Labute approximate surface area is 174 Å². The molecule has 1 saturated heterocycles. The number of hydrogen-bond donors (Lipinski definition) is 0. The molecule has 1 fully saturated rings. The number of rotatable bonds is 7. The van der Waals surface area contributed by atoms with Crippen molar-refractivity contribution in [3.8, 4) is 0 Å². The predicted molar refractivity (Wildman–Crippen MR) is 109 cm³/mol. The van der Waals surface area contributed by atoms with Gasteiger partial charge in [-0.2, -0.15) is 0 Å². The number of amides is 3. The molecule has 0 atom stereocenters. The van der Waals surface area contributed by atoms with Crippen molar-refractivity contribution < 1.29 is 19.1 Å². The molecule has 0 radical (unpaired) electrons. The second-order valence-corrected chi connectivity index (χ2v) is 7.20. The molecular formula is C21H22ClN3O4. The van der Waals surface area contributed by atoms with Crippen molar-refractivity contribution in [2.45, 2.75) is 6.61 Å². The molecule has 0 aliphatic carbocycles. The van der Waals surface area contributed by atoms with E-state index >= 15 is 0 Å². The normalized spacial score (nSPS) is 13.7. The van der Waals surface area contributed by atoms with E-state index in [9.17, 15) is 14.4 Å². The van der Waals surface area contributed by atoms with Crippen LogP contribution >= 0.6 is 11.6 Å². The first-order chi connectivity index (χ1) is 13.9. The Morgan fingerprint density at radius 2 is 1.79 bits per heavy atom. The maximum absolute atomic E-state index is 12.5. The SMILES string of the molecule is CN(CC(=O)N1CC(=O)N(c2ccc(Cl)cc2)C1)C(=O)COCc1ccccc1. The Balaban J connectivity index is 1.47. The number of hydrogen-bond acceptors (Lipinski definition) is 4. The molecule has 7 nitrogen and oxygen atoms in total. The second kappa shape index (κ2) is 9.54. The summed E-state index contributed by atoms with van der Waals surface area (Å²) in [5, 5.41) is 0.572. The molecule has 0 bridgehead atoms. The van der Waals surface area contributed by atoms with E-state index in [-0.39, 0.29) is 44.1 Å². The first kappa shape index (κ1) is 20.8. The summed E-state index contributed by atoms with van der Waals surface area (Å²) in [6, 6.07) is 16.4. The highest BCUT2D eigenvalue weighted by atomic mass is 35.5. The van der Waals surface area contributed by atoms with Crippen LogP contribution in [0.4, 0.5) is 5.69 Å². The molecule has 1 aliphatic heterocycles. The van der Waals surface area contributed by atoms with Crippen molar-refractivity contribution in [2.24, 2.45) is 0 Å². The van der Waals surface area contributed by atoms with E-state index in [1.807, 2.05) is 30.3 Å². The van der Waals surface area contributed by atoms with Crippen LogP contribution in [0.1, 0.15) is 5.56 Å². The first-order valence-electron chi connectivity index (χ1n) is 9.13. The van der Waals surface area contributed by atoms with E-state index in [0.29, 0.717) is 17.3 Å². The summed E-state index contributed by atoms with van der Waals surface area (Å²) < 4.78 is 5.42. The summed E-state index contributed by atoms with van der Waals surface area (Å²) in [6.45, 7) is 0.217. The average Bonchev–Trinajstić information content (AvgIpc) is 3.11. The van der Waals surface area contributed by atoms with Gasteiger partial charge in [-0.05, 0) is 29.8 Å². The van der Waals surface area contributed by atoms with Crippen molar-refractivity contribution in [1.29, 1.82) is 0 Å². The zero-order chi connectivity index (χ0) is 20.8. The minimum Gasteiger partial charge on any atom is -0.367 e. The lowest BCUT2D eigenvalue weighted by Crippen LogP contribution is -2.42. The number of anilines is 1. The van der Waals surface area contributed by atoms with E-state index < -0.39 is 0 Å². The van der Waals surface area contributed by atoms with Crippen LogP contribution in [0.15, 0.2) is 54.6 Å². The maximum atomic E-state index is 12.5. The summed E-state index contributed by atoms with van der Waals surface area (Å²) in [4.78, 5) is 41.2. The van der Waals surface area contributed by atoms with Crippen molar-refractivity contribution in [1.82, 2.24) is 9.80 Å².